The SMILES string of the molecule is CC(=O)NC(CC(C)C)C(=O)NCC(=O)O. The van der Waals surface area contributed by atoms with Gasteiger partial charge in [0.1, 0.15) is 12.6 Å². The molecule has 0 rings (SSSR count). The molecule has 0 saturated heterocycles. The van der Waals surface area contributed by atoms with Crippen molar-refractivity contribution in [1.29, 1.82) is 0 Å². The number of hydrogen-bond acceptors (Lipinski definition) is 3. The maximum Gasteiger partial charge on any atom is 0.322 e. The van der Waals surface area contributed by atoms with Crippen molar-refractivity contribution in [2.45, 2.75) is 33.2 Å². The summed E-state index contributed by atoms with van der Waals surface area (Å²) in [5.41, 5.74) is 0. The summed E-state index contributed by atoms with van der Waals surface area (Å²) in [5.74, 6) is -1.66. The van der Waals surface area contributed by atoms with Gasteiger partial charge in [-0.1, -0.05) is 13.8 Å². The Kier molecular flexibility index (Phi) is 6.14. The summed E-state index contributed by atoms with van der Waals surface area (Å²) in [6.07, 6.45) is 0.477. The zero-order valence-corrected chi connectivity index (χ0v) is 9.74. The Labute approximate surface area is 94.4 Å². The lowest BCUT2D eigenvalue weighted by atomic mass is 10.0. The van der Waals surface area contributed by atoms with Gasteiger partial charge in [0.05, 0.1) is 0 Å². The number of carboxylic acid groups (broad SMARTS) is 1. The van der Waals surface area contributed by atoms with E-state index in [0.29, 0.717) is 6.42 Å². The Morgan fingerprint density at radius 2 is 1.81 bits per heavy atom. The molecule has 0 bridgehead atoms. The summed E-state index contributed by atoms with van der Waals surface area (Å²) in [5, 5.41) is 13.1. The Morgan fingerprint density at radius 3 is 2.19 bits per heavy atom. The molecule has 6 nitrogen and oxygen atoms in total. The fourth-order valence-corrected chi connectivity index (χ4v) is 1.23. The van der Waals surface area contributed by atoms with Crippen LogP contribution in [0.15, 0.2) is 0 Å². The first-order valence-electron chi connectivity index (χ1n) is 5.09. The van der Waals surface area contributed by atoms with Gasteiger partial charge in [0.2, 0.25) is 11.8 Å². The van der Waals surface area contributed by atoms with Crippen molar-refractivity contribution in [2.75, 3.05) is 6.54 Å². The lowest BCUT2D eigenvalue weighted by Gasteiger charge is -2.18. The smallest absolute Gasteiger partial charge is 0.322 e. The standard InChI is InChI=1S/C10H18N2O4/c1-6(2)4-8(12-7(3)13)10(16)11-5-9(14)15/h6,8H,4-5H2,1-3H3,(H,11,16)(H,12,13)(H,14,15). The highest BCUT2D eigenvalue weighted by Crippen LogP contribution is 2.04. The third kappa shape index (κ3) is 6.80. The molecule has 0 spiro atoms. The zero-order chi connectivity index (χ0) is 12.7. The highest BCUT2D eigenvalue weighted by atomic mass is 16.4. The van der Waals surface area contributed by atoms with Gasteiger partial charge in [-0.25, -0.2) is 0 Å². The quantitative estimate of drug-likeness (QED) is 0.585. The van der Waals surface area contributed by atoms with E-state index in [1.807, 2.05) is 13.8 Å². The van der Waals surface area contributed by atoms with Gasteiger partial charge in [-0.2, -0.15) is 0 Å². The first kappa shape index (κ1) is 14.4. The van der Waals surface area contributed by atoms with E-state index in [2.05, 4.69) is 10.6 Å². The van der Waals surface area contributed by atoms with Crippen molar-refractivity contribution in [3.8, 4) is 0 Å². The van der Waals surface area contributed by atoms with Crippen molar-refractivity contribution in [1.82, 2.24) is 10.6 Å². The van der Waals surface area contributed by atoms with Gasteiger partial charge in [0.15, 0.2) is 0 Å². The molecule has 1 unspecified atom stereocenters. The van der Waals surface area contributed by atoms with Crippen molar-refractivity contribution < 1.29 is 19.5 Å². The molecule has 0 aliphatic heterocycles. The highest BCUT2D eigenvalue weighted by Gasteiger charge is 2.20. The molecule has 92 valence electrons. The fraction of sp³-hybridized carbons (Fsp3) is 0.700. The molecule has 0 saturated carbocycles. The maximum absolute atomic E-state index is 11.5. The lowest BCUT2D eigenvalue weighted by molar-refractivity contribution is -0.138. The van der Waals surface area contributed by atoms with Crippen LogP contribution in [0.25, 0.3) is 0 Å². The summed E-state index contributed by atoms with van der Waals surface area (Å²) >= 11 is 0. The van der Waals surface area contributed by atoms with Gasteiger partial charge >= 0.3 is 5.97 Å². The molecule has 0 aliphatic rings. The third-order valence-corrected chi connectivity index (χ3v) is 1.81. The van der Waals surface area contributed by atoms with Crippen LogP contribution < -0.4 is 10.6 Å². The van der Waals surface area contributed by atoms with E-state index < -0.39 is 24.5 Å². The van der Waals surface area contributed by atoms with Crippen LogP contribution in [0.4, 0.5) is 0 Å². The van der Waals surface area contributed by atoms with Crippen molar-refractivity contribution in [3.05, 3.63) is 0 Å². The Morgan fingerprint density at radius 1 is 1.25 bits per heavy atom. The van der Waals surface area contributed by atoms with Crippen LogP contribution in [0.1, 0.15) is 27.2 Å². The number of carbonyl (C=O) groups excluding carboxylic acids is 2. The highest BCUT2D eigenvalue weighted by molar-refractivity contribution is 5.88. The van der Waals surface area contributed by atoms with Crippen LogP contribution in [0.3, 0.4) is 0 Å². The average molecular weight is 230 g/mol. The van der Waals surface area contributed by atoms with E-state index >= 15 is 0 Å². The number of aliphatic carboxylic acids is 1. The third-order valence-electron chi connectivity index (χ3n) is 1.81. The Hall–Kier alpha value is -1.59. The number of amides is 2. The molecule has 1 atom stereocenters. The molecular weight excluding hydrogens is 212 g/mol. The van der Waals surface area contributed by atoms with Crippen LogP contribution in [0.2, 0.25) is 0 Å². The number of carboxylic acids is 1. The molecule has 6 heteroatoms. The normalized spacial score (nSPS) is 12.0. The second kappa shape index (κ2) is 6.81. The van der Waals surface area contributed by atoms with E-state index in [1.54, 1.807) is 0 Å². The molecular formula is C10H18N2O4. The van der Waals surface area contributed by atoms with Crippen molar-refractivity contribution in [3.63, 3.8) is 0 Å². The predicted octanol–water partition coefficient (Wildman–Crippen LogP) is -0.262. The second-order valence-corrected chi connectivity index (χ2v) is 3.99. The van der Waals surface area contributed by atoms with E-state index in [4.69, 9.17) is 5.11 Å². The summed E-state index contributed by atoms with van der Waals surface area (Å²) < 4.78 is 0. The van der Waals surface area contributed by atoms with Crippen LogP contribution in [0.5, 0.6) is 0 Å². The first-order chi connectivity index (χ1) is 7.32. The number of hydrogen-bond donors (Lipinski definition) is 3. The zero-order valence-electron chi connectivity index (χ0n) is 9.74. The van der Waals surface area contributed by atoms with E-state index in [-0.39, 0.29) is 11.8 Å². The molecule has 0 aromatic rings. The molecule has 0 aromatic carbocycles. The van der Waals surface area contributed by atoms with Crippen molar-refractivity contribution in [2.24, 2.45) is 5.92 Å². The second-order valence-electron chi connectivity index (χ2n) is 3.99. The predicted molar refractivity (Wildman–Crippen MR) is 57.7 cm³/mol. The Balaban J connectivity index is 4.31. The molecule has 2 amide bonds. The minimum absolute atomic E-state index is 0.229. The van der Waals surface area contributed by atoms with E-state index in [9.17, 15) is 14.4 Å². The van der Waals surface area contributed by atoms with Crippen LogP contribution in [0, 0.1) is 5.92 Å². The fourth-order valence-electron chi connectivity index (χ4n) is 1.23. The number of rotatable bonds is 6. The average Bonchev–Trinajstić information content (AvgIpc) is 2.11. The molecule has 3 N–H and O–H groups in total. The monoisotopic (exact) mass is 230 g/mol. The van der Waals surface area contributed by atoms with Crippen LogP contribution in [-0.2, 0) is 14.4 Å². The van der Waals surface area contributed by atoms with Gasteiger partial charge in [0.25, 0.3) is 0 Å². The van der Waals surface area contributed by atoms with Gasteiger partial charge in [-0.05, 0) is 12.3 Å². The Bertz CT molecular complexity index is 276. The van der Waals surface area contributed by atoms with Crippen LogP contribution >= 0.6 is 0 Å². The van der Waals surface area contributed by atoms with Crippen molar-refractivity contribution >= 4 is 17.8 Å². The summed E-state index contributed by atoms with van der Waals surface area (Å²) in [7, 11) is 0. The van der Waals surface area contributed by atoms with Crippen LogP contribution in [-0.4, -0.2) is 35.5 Å². The van der Waals surface area contributed by atoms with E-state index in [1.165, 1.54) is 6.92 Å². The molecule has 16 heavy (non-hydrogen) atoms. The van der Waals surface area contributed by atoms with Gasteiger partial charge < -0.3 is 15.7 Å². The number of nitrogens with one attached hydrogen (secondary N) is 2. The minimum atomic E-state index is -1.11. The number of carbonyl (C=O) groups is 3. The van der Waals surface area contributed by atoms with Gasteiger partial charge in [0, 0.05) is 6.92 Å². The summed E-state index contributed by atoms with van der Waals surface area (Å²) in [6.45, 7) is 4.71. The minimum Gasteiger partial charge on any atom is -0.480 e. The molecule has 0 heterocycles. The maximum atomic E-state index is 11.5. The van der Waals surface area contributed by atoms with Gasteiger partial charge in [-0.15, -0.1) is 0 Å². The summed E-state index contributed by atoms with van der Waals surface area (Å²) in [6, 6.07) is -0.670. The largest absolute Gasteiger partial charge is 0.480 e. The molecule has 0 fully saturated rings. The molecule has 0 aromatic heterocycles. The molecule has 0 aliphatic carbocycles. The lowest BCUT2D eigenvalue weighted by Crippen LogP contribution is -2.47. The molecule has 0 radical (unpaired) electrons. The first-order valence-corrected chi connectivity index (χ1v) is 5.09. The van der Waals surface area contributed by atoms with E-state index in [0.717, 1.165) is 0 Å². The summed E-state index contributed by atoms with van der Waals surface area (Å²) in [4.78, 5) is 32.7. The topological polar surface area (TPSA) is 95.5 Å². The van der Waals surface area contributed by atoms with Gasteiger partial charge in [-0.3, -0.25) is 14.4 Å².